The van der Waals surface area contributed by atoms with E-state index in [0.29, 0.717) is 4.47 Å². The zero-order valence-corrected chi connectivity index (χ0v) is 17.3. The summed E-state index contributed by atoms with van der Waals surface area (Å²) >= 11 is 3.28. The van der Waals surface area contributed by atoms with E-state index in [1.807, 2.05) is 24.3 Å². The number of phenolic OH excluding ortho intramolecular Hbond substituents is 1. The highest BCUT2D eigenvalue weighted by atomic mass is 79.9. The van der Waals surface area contributed by atoms with Gasteiger partial charge in [-0.05, 0) is 56.2 Å². The second-order valence-corrected chi connectivity index (χ2v) is 7.95. The fraction of sp³-hybridized carbons (Fsp3) is 0.333. The number of benzene rings is 2. The van der Waals surface area contributed by atoms with Crippen LogP contribution in [0.1, 0.15) is 36.5 Å². The Hall–Kier alpha value is -2.54. The van der Waals surface area contributed by atoms with Crippen LogP contribution >= 0.6 is 15.9 Å². The van der Waals surface area contributed by atoms with Gasteiger partial charge in [-0.15, -0.1) is 0 Å². The second-order valence-electron chi connectivity index (χ2n) is 7.03. The summed E-state index contributed by atoms with van der Waals surface area (Å²) in [6.07, 6.45) is 2.52. The van der Waals surface area contributed by atoms with E-state index >= 15 is 0 Å². The smallest absolute Gasteiger partial charge is 0.255 e. The van der Waals surface area contributed by atoms with Gasteiger partial charge in [0, 0.05) is 41.4 Å². The second kappa shape index (κ2) is 9.10. The Morgan fingerprint density at radius 2 is 1.93 bits per heavy atom. The van der Waals surface area contributed by atoms with E-state index < -0.39 is 5.91 Å². The van der Waals surface area contributed by atoms with Crippen molar-refractivity contribution < 1.29 is 14.7 Å². The molecule has 0 bridgehead atoms. The number of halogens is 1. The number of nitrogens with one attached hydrogen (secondary N) is 2. The van der Waals surface area contributed by atoms with Crippen LogP contribution in [0.15, 0.2) is 46.9 Å². The average Bonchev–Trinajstić information content (AvgIpc) is 3.18. The number of carbonyl (C=O) groups excluding carboxylic acids is 2. The molecule has 7 heteroatoms. The SMILES string of the molecule is CC(CC(=O)Nc1cccc(N2CCCC2)c1)NC(=O)c1cc(Br)ccc1O. The molecule has 0 aliphatic carbocycles. The Balaban J connectivity index is 1.55. The lowest BCUT2D eigenvalue weighted by atomic mass is 10.1. The molecule has 3 rings (SSSR count). The van der Waals surface area contributed by atoms with Gasteiger partial charge in [0.05, 0.1) is 5.56 Å². The first-order valence-electron chi connectivity index (χ1n) is 9.36. The molecule has 0 radical (unpaired) electrons. The minimum absolute atomic E-state index is 0.101. The molecule has 0 spiro atoms. The van der Waals surface area contributed by atoms with Gasteiger partial charge >= 0.3 is 0 Å². The Labute approximate surface area is 173 Å². The maximum Gasteiger partial charge on any atom is 0.255 e. The molecule has 1 aliphatic rings. The van der Waals surface area contributed by atoms with Crippen molar-refractivity contribution in [3.8, 4) is 5.75 Å². The van der Waals surface area contributed by atoms with Gasteiger partial charge in [0.1, 0.15) is 5.75 Å². The van der Waals surface area contributed by atoms with E-state index in [0.717, 1.165) is 24.5 Å². The lowest BCUT2D eigenvalue weighted by Gasteiger charge is -2.19. The number of hydrogen-bond donors (Lipinski definition) is 3. The van der Waals surface area contributed by atoms with Crippen LogP contribution in [0.5, 0.6) is 5.75 Å². The number of phenols is 1. The average molecular weight is 446 g/mol. The third kappa shape index (κ3) is 5.25. The maximum atomic E-state index is 12.4. The zero-order valence-electron chi connectivity index (χ0n) is 15.7. The molecular formula is C21H24BrN3O3. The molecule has 0 aromatic heterocycles. The van der Waals surface area contributed by atoms with E-state index in [2.05, 4.69) is 31.5 Å². The van der Waals surface area contributed by atoms with Gasteiger partial charge in [-0.3, -0.25) is 9.59 Å². The Bertz CT molecular complexity index is 866. The van der Waals surface area contributed by atoms with Gasteiger partial charge < -0.3 is 20.6 Å². The van der Waals surface area contributed by atoms with Crippen molar-refractivity contribution >= 4 is 39.1 Å². The number of rotatable bonds is 6. The molecule has 2 amide bonds. The van der Waals surface area contributed by atoms with Gasteiger partial charge in [0.15, 0.2) is 0 Å². The van der Waals surface area contributed by atoms with E-state index in [4.69, 9.17) is 0 Å². The minimum atomic E-state index is -0.421. The van der Waals surface area contributed by atoms with Crippen molar-refractivity contribution in [2.45, 2.75) is 32.2 Å². The largest absolute Gasteiger partial charge is 0.507 e. The molecule has 1 aliphatic heterocycles. The van der Waals surface area contributed by atoms with Crippen LogP contribution in [0.25, 0.3) is 0 Å². The van der Waals surface area contributed by atoms with Gasteiger partial charge in [-0.1, -0.05) is 22.0 Å². The van der Waals surface area contributed by atoms with E-state index in [1.165, 1.54) is 18.9 Å². The number of hydrogen-bond acceptors (Lipinski definition) is 4. The van der Waals surface area contributed by atoms with Gasteiger partial charge in [0.2, 0.25) is 5.91 Å². The molecule has 1 heterocycles. The van der Waals surface area contributed by atoms with Gasteiger partial charge in [0.25, 0.3) is 5.91 Å². The lowest BCUT2D eigenvalue weighted by Crippen LogP contribution is -2.35. The monoisotopic (exact) mass is 445 g/mol. The molecule has 6 nitrogen and oxygen atoms in total. The van der Waals surface area contributed by atoms with Crippen LogP contribution < -0.4 is 15.5 Å². The minimum Gasteiger partial charge on any atom is -0.507 e. The van der Waals surface area contributed by atoms with Gasteiger partial charge in [-0.25, -0.2) is 0 Å². The molecule has 1 atom stereocenters. The molecule has 3 N–H and O–H groups in total. The fourth-order valence-corrected chi connectivity index (χ4v) is 3.65. The van der Waals surface area contributed by atoms with E-state index in [-0.39, 0.29) is 29.7 Å². The summed E-state index contributed by atoms with van der Waals surface area (Å²) in [4.78, 5) is 27.0. The first-order chi connectivity index (χ1) is 13.4. The molecule has 2 aromatic carbocycles. The van der Waals surface area contributed by atoms with E-state index in [9.17, 15) is 14.7 Å². The summed E-state index contributed by atoms with van der Waals surface area (Å²) in [5.41, 5.74) is 2.03. The van der Waals surface area contributed by atoms with E-state index in [1.54, 1.807) is 19.1 Å². The van der Waals surface area contributed by atoms with Crippen molar-refractivity contribution in [2.75, 3.05) is 23.3 Å². The lowest BCUT2D eigenvalue weighted by molar-refractivity contribution is -0.116. The molecule has 1 saturated heterocycles. The third-order valence-corrected chi connectivity index (χ3v) is 5.17. The van der Waals surface area contributed by atoms with Crippen LogP contribution in [0.3, 0.4) is 0 Å². The normalized spacial score (nSPS) is 14.6. The predicted molar refractivity (Wildman–Crippen MR) is 114 cm³/mol. The number of amides is 2. The highest BCUT2D eigenvalue weighted by Gasteiger charge is 2.17. The summed E-state index contributed by atoms with van der Waals surface area (Å²) in [6.45, 7) is 3.85. The number of nitrogens with zero attached hydrogens (tertiary/aromatic N) is 1. The highest BCUT2D eigenvalue weighted by molar-refractivity contribution is 9.10. The highest BCUT2D eigenvalue weighted by Crippen LogP contribution is 2.24. The fourth-order valence-electron chi connectivity index (χ4n) is 3.29. The zero-order chi connectivity index (χ0) is 20.1. The number of anilines is 2. The standard InChI is InChI=1S/C21H24BrN3O3/c1-14(23-21(28)18-12-15(22)7-8-19(18)26)11-20(27)24-16-5-4-6-17(13-16)25-9-2-3-10-25/h4-8,12-14,26H,2-3,9-11H2,1H3,(H,23,28)(H,24,27). The Morgan fingerprint density at radius 3 is 2.68 bits per heavy atom. The van der Waals surface area contributed by atoms with Crippen molar-refractivity contribution in [2.24, 2.45) is 0 Å². The first-order valence-corrected chi connectivity index (χ1v) is 10.2. The Kier molecular flexibility index (Phi) is 6.57. The topological polar surface area (TPSA) is 81.7 Å². The number of carbonyl (C=O) groups is 2. The van der Waals surface area contributed by atoms with Crippen LogP contribution in [0.4, 0.5) is 11.4 Å². The van der Waals surface area contributed by atoms with Crippen molar-refractivity contribution in [3.63, 3.8) is 0 Å². The van der Waals surface area contributed by atoms with Crippen molar-refractivity contribution in [1.82, 2.24) is 5.32 Å². The molecule has 1 unspecified atom stereocenters. The van der Waals surface area contributed by atoms with Crippen LogP contribution in [-0.2, 0) is 4.79 Å². The molecule has 2 aromatic rings. The Morgan fingerprint density at radius 1 is 1.18 bits per heavy atom. The van der Waals surface area contributed by atoms with Crippen LogP contribution in [0, 0.1) is 0 Å². The summed E-state index contributed by atoms with van der Waals surface area (Å²) in [5, 5.41) is 15.5. The van der Waals surface area contributed by atoms with Crippen LogP contribution in [0.2, 0.25) is 0 Å². The third-order valence-electron chi connectivity index (χ3n) is 4.67. The summed E-state index contributed by atoms with van der Waals surface area (Å²) in [6, 6.07) is 12.1. The molecule has 148 valence electrons. The summed E-state index contributed by atoms with van der Waals surface area (Å²) < 4.78 is 0.693. The first kappa shape index (κ1) is 20.2. The molecule has 28 heavy (non-hydrogen) atoms. The quantitative estimate of drug-likeness (QED) is 0.629. The summed E-state index contributed by atoms with van der Waals surface area (Å²) in [7, 11) is 0. The molecule has 1 fully saturated rings. The summed E-state index contributed by atoms with van der Waals surface area (Å²) in [5.74, 6) is -0.698. The predicted octanol–water partition coefficient (Wildman–Crippen LogP) is 3.90. The van der Waals surface area contributed by atoms with Gasteiger partial charge in [-0.2, -0.15) is 0 Å². The molecule has 0 saturated carbocycles. The maximum absolute atomic E-state index is 12.4. The van der Waals surface area contributed by atoms with Crippen molar-refractivity contribution in [1.29, 1.82) is 0 Å². The number of aromatic hydroxyl groups is 1. The van der Waals surface area contributed by atoms with Crippen molar-refractivity contribution in [3.05, 3.63) is 52.5 Å². The molecular weight excluding hydrogens is 422 g/mol. The van der Waals surface area contributed by atoms with Crippen LogP contribution in [-0.4, -0.2) is 36.1 Å².